The topological polar surface area (TPSA) is 18.5 Å². The first-order chi connectivity index (χ1) is 11.3. The lowest BCUT2D eigenvalue weighted by Crippen LogP contribution is -2.46. The molecular formula is C21H24O2. The molecule has 1 aliphatic heterocycles. The van der Waals surface area contributed by atoms with Crippen molar-refractivity contribution in [1.82, 2.24) is 0 Å². The summed E-state index contributed by atoms with van der Waals surface area (Å²) in [5.41, 5.74) is 2.77. The van der Waals surface area contributed by atoms with E-state index in [1.54, 1.807) is 0 Å². The molecule has 2 fully saturated rings. The Morgan fingerprint density at radius 1 is 0.870 bits per heavy atom. The van der Waals surface area contributed by atoms with Crippen molar-refractivity contribution in [3.05, 3.63) is 71.8 Å². The van der Waals surface area contributed by atoms with E-state index in [1.807, 2.05) is 7.11 Å². The SMILES string of the molecule is CO[C@]12CCC[C@@]1(C(c1ccccc1)c1ccccc1)CCO2. The normalized spacial score (nSPS) is 29.8. The lowest BCUT2D eigenvalue weighted by molar-refractivity contribution is -0.235. The third kappa shape index (κ3) is 2.16. The second-order valence-corrected chi connectivity index (χ2v) is 6.82. The largest absolute Gasteiger partial charge is 0.353 e. The van der Waals surface area contributed by atoms with Crippen LogP contribution < -0.4 is 0 Å². The minimum Gasteiger partial charge on any atom is -0.353 e. The van der Waals surface area contributed by atoms with Gasteiger partial charge in [0.2, 0.25) is 0 Å². The van der Waals surface area contributed by atoms with Gasteiger partial charge in [0.05, 0.1) is 6.61 Å². The molecule has 0 unspecified atom stereocenters. The molecule has 0 spiro atoms. The number of methoxy groups -OCH3 is 1. The summed E-state index contributed by atoms with van der Waals surface area (Å²) in [6.45, 7) is 0.796. The number of hydrogen-bond donors (Lipinski definition) is 0. The highest BCUT2D eigenvalue weighted by Crippen LogP contribution is 2.63. The van der Waals surface area contributed by atoms with Crippen molar-refractivity contribution in [2.75, 3.05) is 13.7 Å². The molecular weight excluding hydrogens is 284 g/mol. The average molecular weight is 308 g/mol. The molecule has 1 heterocycles. The first kappa shape index (κ1) is 14.9. The van der Waals surface area contributed by atoms with Crippen molar-refractivity contribution >= 4 is 0 Å². The van der Waals surface area contributed by atoms with Crippen LogP contribution in [-0.2, 0) is 9.47 Å². The average Bonchev–Trinajstić information content (AvgIpc) is 3.13. The minimum atomic E-state index is -0.427. The molecule has 0 aromatic heterocycles. The highest BCUT2D eigenvalue weighted by molar-refractivity contribution is 5.37. The van der Waals surface area contributed by atoms with Crippen molar-refractivity contribution in [1.29, 1.82) is 0 Å². The van der Waals surface area contributed by atoms with E-state index < -0.39 is 5.79 Å². The first-order valence-corrected chi connectivity index (χ1v) is 8.60. The van der Waals surface area contributed by atoms with Gasteiger partial charge in [0, 0.05) is 24.9 Å². The van der Waals surface area contributed by atoms with Gasteiger partial charge in [0.25, 0.3) is 0 Å². The van der Waals surface area contributed by atoms with Gasteiger partial charge in [-0.05, 0) is 30.4 Å². The van der Waals surface area contributed by atoms with E-state index >= 15 is 0 Å². The van der Waals surface area contributed by atoms with Crippen LogP contribution in [0.2, 0.25) is 0 Å². The van der Waals surface area contributed by atoms with Gasteiger partial charge in [0.15, 0.2) is 5.79 Å². The number of ether oxygens (including phenoxy) is 2. The van der Waals surface area contributed by atoms with Crippen LogP contribution in [0, 0.1) is 5.41 Å². The summed E-state index contributed by atoms with van der Waals surface area (Å²) in [5, 5.41) is 0. The van der Waals surface area contributed by atoms with Crippen LogP contribution in [0.3, 0.4) is 0 Å². The molecule has 23 heavy (non-hydrogen) atoms. The van der Waals surface area contributed by atoms with Gasteiger partial charge in [-0.3, -0.25) is 0 Å². The third-order valence-electron chi connectivity index (χ3n) is 5.92. The second-order valence-electron chi connectivity index (χ2n) is 6.82. The Balaban J connectivity index is 1.89. The van der Waals surface area contributed by atoms with Gasteiger partial charge >= 0.3 is 0 Å². The first-order valence-electron chi connectivity index (χ1n) is 8.60. The second kappa shape index (κ2) is 5.77. The van der Waals surface area contributed by atoms with Crippen LogP contribution in [0.25, 0.3) is 0 Å². The quantitative estimate of drug-likeness (QED) is 0.811. The molecule has 2 aromatic rings. The zero-order chi connectivity index (χ0) is 15.8. The molecule has 2 nitrogen and oxygen atoms in total. The van der Waals surface area contributed by atoms with Gasteiger partial charge in [-0.1, -0.05) is 60.7 Å². The van der Waals surface area contributed by atoms with E-state index in [-0.39, 0.29) is 5.41 Å². The van der Waals surface area contributed by atoms with Crippen LogP contribution in [0.5, 0.6) is 0 Å². The van der Waals surface area contributed by atoms with Crippen LogP contribution in [-0.4, -0.2) is 19.5 Å². The molecule has 4 rings (SSSR count). The lowest BCUT2D eigenvalue weighted by atomic mass is 9.64. The molecule has 0 bridgehead atoms. The molecule has 1 saturated heterocycles. The zero-order valence-corrected chi connectivity index (χ0v) is 13.7. The zero-order valence-electron chi connectivity index (χ0n) is 13.7. The molecule has 0 N–H and O–H groups in total. The number of fused-ring (bicyclic) bond motifs is 1. The summed E-state index contributed by atoms with van der Waals surface area (Å²) in [6.07, 6.45) is 4.40. The molecule has 2 aliphatic rings. The summed E-state index contributed by atoms with van der Waals surface area (Å²) >= 11 is 0. The Hall–Kier alpha value is -1.64. The smallest absolute Gasteiger partial charge is 0.174 e. The van der Waals surface area contributed by atoms with Crippen molar-refractivity contribution in [2.24, 2.45) is 5.41 Å². The highest BCUT2D eigenvalue weighted by Gasteiger charge is 2.63. The Morgan fingerprint density at radius 3 is 2.04 bits per heavy atom. The molecule has 0 amide bonds. The van der Waals surface area contributed by atoms with Gasteiger partial charge in [-0.15, -0.1) is 0 Å². The molecule has 2 aromatic carbocycles. The molecule has 1 saturated carbocycles. The van der Waals surface area contributed by atoms with Crippen LogP contribution in [0.4, 0.5) is 0 Å². The fourth-order valence-corrected chi connectivity index (χ4v) is 5.00. The van der Waals surface area contributed by atoms with Crippen LogP contribution >= 0.6 is 0 Å². The standard InChI is InChI=1S/C21H24O2/c1-22-21-14-8-13-20(21,15-16-23-21)19(17-9-4-2-5-10-17)18-11-6-3-7-12-18/h2-7,9-12,19H,8,13-16H2,1H3/t20-,21-/m0/s1. The van der Waals surface area contributed by atoms with Crippen molar-refractivity contribution in [2.45, 2.75) is 37.4 Å². The molecule has 2 heteroatoms. The minimum absolute atomic E-state index is 0.0322. The van der Waals surface area contributed by atoms with Gasteiger partial charge in [-0.25, -0.2) is 0 Å². The van der Waals surface area contributed by atoms with E-state index in [2.05, 4.69) is 60.7 Å². The van der Waals surface area contributed by atoms with Crippen molar-refractivity contribution in [3.63, 3.8) is 0 Å². The number of rotatable bonds is 4. The fourth-order valence-electron chi connectivity index (χ4n) is 5.00. The van der Waals surface area contributed by atoms with Gasteiger partial charge < -0.3 is 9.47 Å². The van der Waals surface area contributed by atoms with E-state index in [0.29, 0.717) is 5.92 Å². The summed E-state index contributed by atoms with van der Waals surface area (Å²) < 4.78 is 12.2. The fraction of sp³-hybridized carbons (Fsp3) is 0.429. The number of hydrogen-bond acceptors (Lipinski definition) is 2. The molecule has 0 radical (unpaired) electrons. The molecule has 120 valence electrons. The van der Waals surface area contributed by atoms with E-state index in [4.69, 9.17) is 9.47 Å². The Kier molecular flexibility index (Phi) is 3.74. The summed E-state index contributed by atoms with van der Waals surface area (Å²) in [6, 6.07) is 21.8. The predicted molar refractivity (Wildman–Crippen MR) is 91.3 cm³/mol. The van der Waals surface area contributed by atoms with Crippen LogP contribution in [0.1, 0.15) is 42.7 Å². The Bertz CT molecular complexity index is 601. The van der Waals surface area contributed by atoms with Crippen LogP contribution in [0.15, 0.2) is 60.7 Å². The Labute approximate surface area is 138 Å². The monoisotopic (exact) mass is 308 g/mol. The lowest BCUT2D eigenvalue weighted by Gasteiger charge is -2.44. The summed E-state index contributed by atoms with van der Waals surface area (Å²) in [5.74, 6) is -0.113. The van der Waals surface area contributed by atoms with E-state index in [0.717, 1.165) is 25.9 Å². The van der Waals surface area contributed by atoms with Crippen molar-refractivity contribution in [3.8, 4) is 0 Å². The summed E-state index contributed by atoms with van der Waals surface area (Å²) in [4.78, 5) is 0. The molecule has 2 atom stereocenters. The number of benzene rings is 2. The van der Waals surface area contributed by atoms with E-state index in [1.165, 1.54) is 17.5 Å². The third-order valence-corrected chi connectivity index (χ3v) is 5.92. The van der Waals surface area contributed by atoms with Gasteiger partial charge in [0.1, 0.15) is 0 Å². The Morgan fingerprint density at radius 2 is 1.48 bits per heavy atom. The van der Waals surface area contributed by atoms with Gasteiger partial charge in [-0.2, -0.15) is 0 Å². The van der Waals surface area contributed by atoms with Crippen molar-refractivity contribution < 1.29 is 9.47 Å². The highest BCUT2D eigenvalue weighted by atomic mass is 16.7. The maximum Gasteiger partial charge on any atom is 0.174 e. The maximum absolute atomic E-state index is 6.22. The predicted octanol–water partition coefficient (Wildman–Crippen LogP) is 4.75. The maximum atomic E-state index is 6.22. The van der Waals surface area contributed by atoms with E-state index in [9.17, 15) is 0 Å². The summed E-state index contributed by atoms with van der Waals surface area (Å²) in [7, 11) is 1.82. The molecule has 1 aliphatic carbocycles.